The molecule has 4 nitrogen and oxygen atoms in total. The maximum absolute atomic E-state index is 12.6. The van der Waals surface area contributed by atoms with Gasteiger partial charge in [-0.1, -0.05) is 54.6 Å². The minimum atomic E-state index is -2.99. The highest BCUT2D eigenvalue weighted by molar-refractivity contribution is 7.91. The van der Waals surface area contributed by atoms with Crippen LogP contribution in [0.15, 0.2) is 54.6 Å². The molecule has 0 radical (unpaired) electrons. The molecule has 132 valence electrons. The molecule has 1 amide bonds. The molecular weight excluding hydrogens is 334 g/mol. The van der Waals surface area contributed by atoms with Crippen LogP contribution in [0.5, 0.6) is 0 Å². The lowest BCUT2D eigenvalue weighted by molar-refractivity contribution is -0.132. The Morgan fingerprint density at radius 1 is 1.04 bits per heavy atom. The van der Waals surface area contributed by atoms with E-state index >= 15 is 0 Å². The summed E-state index contributed by atoms with van der Waals surface area (Å²) >= 11 is 0. The number of likely N-dealkylation sites (N-methyl/N-ethyl adjacent to an activating group) is 1. The lowest BCUT2D eigenvalue weighted by atomic mass is 10.0. The molecule has 1 saturated heterocycles. The first kappa shape index (κ1) is 17.7. The second-order valence-corrected chi connectivity index (χ2v) is 8.71. The summed E-state index contributed by atoms with van der Waals surface area (Å²) in [6.07, 6.45) is 0.855. The van der Waals surface area contributed by atoms with Crippen LogP contribution in [-0.4, -0.2) is 43.3 Å². The van der Waals surface area contributed by atoms with Crippen molar-refractivity contribution in [3.05, 3.63) is 60.2 Å². The summed E-state index contributed by atoms with van der Waals surface area (Å²) in [5.74, 6) is 0.282. The van der Waals surface area contributed by atoms with E-state index in [0.29, 0.717) is 19.4 Å². The van der Waals surface area contributed by atoms with Gasteiger partial charge in [-0.25, -0.2) is 8.42 Å². The Morgan fingerprint density at radius 2 is 1.68 bits per heavy atom. The fourth-order valence-corrected chi connectivity index (χ4v) is 5.11. The second kappa shape index (κ2) is 7.40. The molecule has 1 fully saturated rings. The highest BCUT2D eigenvalue weighted by atomic mass is 32.2. The molecule has 0 N–H and O–H groups in total. The molecule has 2 aromatic carbocycles. The second-order valence-electron chi connectivity index (χ2n) is 6.48. The van der Waals surface area contributed by atoms with Gasteiger partial charge in [-0.2, -0.15) is 0 Å². The number of carbonyl (C=O) groups excluding carboxylic acids is 1. The zero-order valence-electron chi connectivity index (χ0n) is 14.4. The molecule has 0 aromatic heterocycles. The van der Waals surface area contributed by atoms with Crippen LogP contribution in [0.2, 0.25) is 0 Å². The van der Waals surface area contributed by atoms with Gasteiger partial charge >= 0.3 is 0 Å². The Balaban J connectivity index is 1.68. The number of benzene rings is 2. The third-order valence-electron chi connectivity index (χ3n) is 4.73. The normalized spacial score (nSPS) is 18.8. The monoisotopic (exact) mass is 357 g/mol. The van der Waals surface area contributed by atoms with Crippen LogP contribution >= 0.6 is 0 Å². The number of hydrogen-bond donors (Lipinski definition) is 0. The molecule has 1 atom stereocenters. The van der Waals surface area contributed by atoms with Gasteiger partial charge in [0.25, 0.3) is 0 Å². The van der Waals surface area contributed by atoms with Crippen molar-refractivity contribution in [1.29, 1.82) is 0 Å². The average molecular weight is 357 g/mol. The summed E-state index contributed by atoms with van der Waals surface area (Å²) in [6.45, 7) is 2.45. The number of nitrogens with zero attached hydrogens (tertiary/aromatic N) is 1. The molecule has 1 aliphatic heterocycles. The molecule has 0 aliphatic carbocycles. The Morgan fingerprint density at radius 3 is 2.24 bits per heavy atom. The quantitative estimate of drug-likeness (QED) is 0.827. The van der Waals surface area contributed by atoms with Gasteiger partial charge in [0.1, 0.15) is 0 Å². The lowest BCUT2D eigenvalue weighted by Crippen LogP contribution is -2.41. The largest absolute Gasteiger partial charge is 0.339 e. The third-order valence-corrected chi connectivity index (χ3v) is 6.48. The Labute approximate surface area is 149 Å². The van der Waals surface area contributed by atoms with Gasteiger partial charge in [0.15, 0.2) is 9.84 Å². The molecule has 0 saturated carbocycles. The van der Waals surface area contributed by atoms with E-state index in [0.717, 1.165) is 16.7 Å². The van der Waals surface area contributed by atoms with Crippen molar-refractivity contribution in [1.82, 2.24) is 4.90 Å². The third kappa shape index (κ3) is 4.28. The van der Waals surface area contributed by atoms with Gasteiger partial charge in [-0.3, -0.25) is 4.79 Å². The molecule has 1 heterocycles. The van der Waals surface area contributed by atoms with Crippen LogP contribution in [0.1, 0.15) is 18.9 Å². The van der Waals surface area contributed by atoms with Crippen molar-refractivity contribution >= 4 is 15.7 Å². The van der Waals surface area contributed by atoms with Gasteiger partial charge in [-0.15, -0.1) is 0 Å². The van der Waals surface area contributed by atoms with E-state index < -0.39 is 9.84 Å². The zero-order chi connectivity index (χ0) is 17.9. The molecule has 25 heavy (non-hydrogen) atoms. The first-order valence-electron chi connectivity index (χ1n) is 8.63. The smallest absolute Gasteiger partial charge is 0.227 e. The van der Waals surface area contributed by atoms with Crippen molar-refractivity contribution in [2.24, 2.45) is 0 Å². The summed E-state index contributed by atoms with van der Waals surface area (Å²) in [5.41, 5.74) is 3.21. The molecule has 1 aliphatic rings. The number of hydrogen-bond acceptors (Lipinski definition) is 3. The molecule has 1 unspecified atom stereocenters. The summed E-state index contributed by atoms with van der Waals surface area (Å²) in [5, 5.41) is 0. The van der Waals surface area contributed by atoms with E-state index in [1.165, 1.54) is 0 Å². The van der Waals surface area contributed by atoms with Crippen LogP contribution in [0, 0.1) is 0 Å². The van der Waals surface area contributed by atoms with Crippen LogP contribution in [0.4, 0.5) is 0 Å². The van der Waals surface area contributed by atoms with Gasteiger partial charge in [0.05, 0.1) is 17.9 Å². The molecule has 2 aromatic rings. The van der Waals surface area contributed by atoms with Crippen molar-refractivity contribution in [2.45, 2.75) is 25.8 Å². The number of sulfone groups is 1. The van der Waals surface area contributed by atoms with E-state index in [1.54, 1.807) is 4.90 Å². The van der Waals surface area contributed by atoms with Crippen LogP contribution in [0.25, 0.3) is 11.1 Å². The summed E-state index contributed by atoms with van der Waals surface area (Å²) in [6, 6.07) is 17.9. The van der Waals surface area contributed by atoms with Crippen LogP contribution in [-0.2, 0) is 21.1 Å². The Bertz CT molecular complexity index is 829. The van der Waals surface area contributed by atoms with Crippen molar-refractivity contribution in [2.75, 3.05) is 18.1 Å². The molecule has 0 spiro atoms. The summed E-state index contributed by atoms with van der Waals surface area (Å²) in [7, 11) is -2.99. The van der Waals surface area contributed by atoms with Crippen molar-refractivity contribution in [3.8, 4) is 11.1 Å². The Kier molecular flexibility index (Phi) is 5.23. The fourth-order valence-electron chi connectivity index (χ4n) is 3.38. The van der Waals surface area contributed by atoms with E-state index in [9.17, 15) is 13.2 Å². The predicted molar refractivity (Wildman–Crippen MR) is 100 cm³/mol. The van der Waals surface area contributed by atoms with Gasteiger partial charge in [0.2, 0.25) is 5.91 Å². The van der Waals surface area contributed by atoms with Crippen molar-refractivity contribution < 1.29 is 13.2 Å². The van der Waals surface area contributed by atoms with Crippen LogP contribution in [0.3, 0.4) is 0 Å². The molecular formula is C20H23NO3S. The number of carbonyl (C=O) groups is 1. The standard InChI is InChI=1S/C20H23NO3S/c1-2-21(19-12-13-25(23,24)15-19)20(22)14-16-8-10-18(11-9-16)17-6-4-3-5-7-17/h3-11,19H,2,12-15H2,1H3. The molecule has 0 bridgehead atoms. The fraction of sp³-hybridized carbons (Fsp3) is 0.350. The first-order chi connectivity index (χ1) is 12.0. The van der Waals surface area contributed by atoms with E-state index in [4.69, 9.17) is 0 Å². The SMILES string of the molecule is CCN(C(=O)Cc1ccc(-c2ccccc2)cc1)C1CCS(=O)(=O)C1. The lowest BCUT2D eigenvalue weighted by Gasteiger charge is -2.27. The highest BCUT2D eigenvalue weighted by Crippen LogP contribution is 2.21. The van der Waals surface area contributed by atoms with Gasteiger partial charge < -0.3 is 4.90 Å². The zero-order valence-corrected chi connectivity index (χ0v) is 15.2. The van der Waals surface area contributed by atoms with Gasteiger partial charge in [-0.05, 0) is 30.0 Å². The van der Waals surface area contributed by atoms with Crippen LogP contribution < -0.4 is 0 Å². The minimum absolute atomic E-state index is 0.00272. The number of amides is 1. The topological polar surface area (TPSA) is 54.5 Å². The maximum Gasteiger partial charge on any atom is 0.227 e. The average Bonchev–Trinajstić information content (AvgIpc) is 2.96. The van der Waals surface area contributed by atoms with E-state index in [1.807, 2.05) is 49.4 Å². The molecule has 3 rings (SSSR count). The van der Waals surface area contributed by atoms with E-state index in [-0.39, 0.29) is 23.5 Å². The van der Waals surface area contributed by atoms with Gasteiger partial charge in [0, 0.05) is 12.6 Å². The van der Waals surface area contributed by atoms with Crippen molar-refractivity contribution in [3.63, 3.8) is 0 Å². The highest BCUT2D eigenvalue weighted by Gasteiger charge is 2.33. The summed E-state index contributed by atoms with van der Waals surface area (Å²) < 4.78 is 23.4. The van der Waals surface area contributed by atoms with E-state index in [2.05, 4.69) is 12.1 Å². The minimum Gasteiger partial charge on any atom is -0.339 e. The first-order valence-corrected chi connectivity index (χ1v) is 10.4. The number of rotatable bonds is 5. The molecule has 5 heteroatoms. The predicted octanol–water partition coefficient (Wildman–Crippen LogP) is 2.93. The maximum atomic E-state index is 12.6. The summed E-state index contributed by atoms with van der Waals surface area (Å²) in [4.78, 5) is 14.3. The Hall–Kier alpha value is -2.14.